The number of unbranched alkanes of at least 4 members (excludes halogenated alkanes) is 5. The van der Waals surface area contributed by atoms with Gasteiger partial charge in [-0.2, -0.15) is 0 Å². The van der Waals surface area contributed by atoms with Crippen molar-refractivity contribution in [2.45, 2.75) is 76.3 Å². The van der Waals surface area contributed by atoms with Gasteiger partial charge in [-0.1, -0.05) is 50.8 Å². The zero-order valence-electron chi connectivity index (χ0n) is 21.6. The summed E-state index contributed by atoms with van der Waals surface area (Å²) < 4.78 is 18.6. The number of nitrogens with zero attached hydrogens (tertiary/aromatic N) is 2. The van der Waals surface area contributed by atoms with Gasteiger partial charge < -0.3 is 19.3 Å². The van der Waals surface area contributed by atoms with E-state index in [-0.39, 0.29) is 35.4 Å². The molecule has 1 unspecified atom stereocenters. The van der Waals surface area contributed by atoms with Crippen molar-refractivity contribution >= 4 is 11.4 Å². The summed E-state index contributed by atoms with van der Waals surface area (Å²) in [5.74, 6) is 0.560. The molecule has 206 valence electrons. The average molecular weight is 529 g/mol. The van der Waals surface area contributed by atoms with Crippen LogP contribution in [0, 0.1) is 26.1 Å². The van der Waals surface area contributed by atoms with E-state index in [1.165, 1.54) is 36.4 Å². The smallest absolute Gasteiger partial charge is 0.273 e. The molecule has 0 spiro atoms. The highest BCUT2D eigenvalue weighted by Crippen LogP contribution is 2.36. The number of hydrogen-bond acceptors (Lipinski definition) is 8. The molecule has 3 rings (SSSR count). The molecular formula is C28H36N2O8. The fraction of sp³-hybridized carbons (Fsp3) is 0.500. The molecule has 1 saturated heterocycles. The standard InChI is InChI=1S/C28H36N2O8/c1-3-4-5-6-7-8-9-12-20(2)26-28(37-24-16-11-14-22(18-24)30(34)35)27(25(19-31)38-26)36-23-15-10-13-21(17-23)29(32)33/h3,10-11,13-18,20,25-28,31H,1,4-9,12,19H2,2H3/t20?,25-,26+,27-,28-/m1/s1. The van der Waals surface area contributed by atoms with Crippen LogP contribution in [0.2, 0.25) is 0 Å². The number of aliphatic hydroxyl groups is 1. The van der Waals surface area contributed by atoms with Crippen molar-refractivity contribution in [1.82, 2.24) is 0 Å². The molecule has 1 aliphatic rings. The number of allylic oxidation sites excluding steroid dienone is 1. The first-order valence-corrected chi connectivity index (χ1v) is 13.0. The van der Waals surface area contributed by atoms with E-state index in [4.69, 9.17) is 14.2 Å². The van der Waals surface area contributed by atoms with E-state index >= 15 is 0 Å². The predicted molar refractivity (Wildman–Crippen MR) is 142 cm³/mol. The van der Waals surface area contributed by atoms with Gasteiger partial charge in [0.15, 0.2) is 12.2 Å². The van der Waals surface area contributed by atoms with Gasteiger partial charge in [0.05, 0.1) is 28.6 Å². The number of rotatable bonds is 16. The first-order chi connectivity index (χ1) is 18.3. The molecule has 2 aromatic rings. The number of hydrogen-bond donors (Lipinski definition) is 1. The van der Waals surface area contributed by atoms with E-state index in [0.717, 1.165) is 44.9 Å². The molecular weight excluding hydrogens is 492 g/mol. The quantitative estimate of drug-likeness (QED) is 0.121. The molecule has 38 heavy (non-hydrogen) atoms. The van der Waals surface area contributed by atoms with E-state index < -0.39 is 34.3 Å². The Morgan fingerprint density at radius 2 is 1.50 bits per heavy atom. The summed E-state index contributed by atoms with van der Waals surface area (Å²) in [6, 6.07) is 11.6. The second-order valence-electron chi connectivity index (χ2n) is 9.61. The maximum absolute atomic E-state index is 11.3. The molecule has 2 aromatic carbocycles. The van der Waals surface area contributed by atoms with Crippen LogP contribution in [0.15, 0.2) is 61.2 Å². The third-order valence-electron chi connectivity index (χ3n) is 6.76. The van der Waals surface area contributed by atoms with Crippen LogP contribution in [0.1, 0.15) is 51.9 Å². The Morgan fingerprint density at radius 3 is 2.05 bits per heavy atom. The summed E-state index contributed by atoms with van der Waals surface area (Å²) in [7, 11) is 0. The lowest BCUT2D eigenvalue weighted by molar-refractivity contribution is -0.385. The van der Waals surface area contributed by atoms with Crippen molar-refractivity contribution in [1.29, 1.82) is 0 Å². The highest BCUT2D eigenvalue weighted by molar-refractivity contribution is 5.39. The monoisotopic (exact) mass is 528 g/mol. The first-order valence-electron chi connectivity index (χ1n) is 13.0. The Bertz CT molecular complexity index is 1080. The fourth-order valence-corrected chi connectivity index (χ4v) is 4.74. The van der Waals surface area contributed by atoms with Crippen LogP contribution >= 0.6 is 0 Å². The SMILES string of the molecule is C=CCCCCCCCC(C)[C@@H]1O[C@H](CO)[C@@H](Oc2cccc([N+](=O)[O-])c2)[C@@H]1Oc1cccc([N+](=O)[O-])c1. The largest absolute Gasteiger partial charge is 0.483 e. The molecule has 1 heterocycles. The van der Waals surface area contributed by atoms with Gasteiger partial charge in [-0.3, -0.25) is 20.2 Å². The summed E-state index contributed by atoms with van der Waals surface area (Å²) >= 11 is 0. The van der Waals surface area contributed by atoms with Crippen LogP contribution in [-0.2, 0) is 4.74 Å². The minimum Gasteiger partial charge on any atom is -0.483 e. The predicted octanol–water partition coefficient (Wildman–Crippen LogP) is 6.01. The van der Waals surface area contributed by atoms with Crippen LogP contribution in [-0.4, -0.2) is 46.0 Å². The van der Waals surface area contributed by atoms with Crippen molar-refractivity contribution < 1.29 is 29.2 Å². The Kier molecular flexibility index (Phi) is 11.0. The minimum absolute atomic E-state index is 0.0413. The average Bonchev–Trinajstić information content (AvgIpc) is 3.25. The molecule has 10 nitrogen and oxygen atoms in total. The Labute approximate surface area is 222 Å². The van der Waals surface area contributed by atoms with Gasteiger partial charge in [0.2, 0.25) is 0 Å². The second-order valence-corrected chi connectivity index (χ2v) is 9.61. The molecule has 0 amide bonds. The van der Waals surface area contributed by atoms with Crippen LogP contribution in [0.4, 0.5) is 11.4 Å². The molecule has 0 aliphatic carbocycles. The fourth-order valence-electron chi connectivity index (χ4n) is 4.74. The minimum atomic E-state index is -0.799. The molecule has 5 atom stereocenters. The van der Waals surface area contributed by atoms with Crippen molar-refractivity contribution in [2.24, 2.45) is 5.92 Å². The number of benzene rings is 2. The molecule has 10 heteroatoms. The van der Waals surface area contributed by atoms with Crippen LogP contribution in [0.25, 0.3) is 0 Å². The molecule has 0 radical (unpaired) electrons. The molecule has 1 aliphatic heterocycles. The lowest BCUT2D eigenvalue weighted by Gasteiger charge is -2.28. The van der Waals surface area contributed by atoms with E-state index in [9.17, 15) is 25.3 Å². The molecule has 0 bridgehead atoms. The van der Waals surface area contributed by atoms with Gasteiger partial charge in [0.25, 0.3) is 11.4 Å². The zero-order valence-corrected chi connectivity index (χ0v) is 21.6. The highest BCUT2D eigenvalue weighted by Gasteiger charge is 2.49. The maximum atomic E-state index is 11.3. The van der Waals surface area contributed by atoms with E-state index in [2.05, 4.69) is 13.5 Å². The first kappa shape index (κ1) is 29.1. The Morgan fingerprint density at radius 1 is 0.947 bits per heavy atom. The number of ether oxygens (including phenoxy) is 3. The van der Waals surface area contributed by atoms with E-state index in [0.29, 0.717) is 0 Å². The van der Waals surface area contributed by atoms with Gasteiger partial charge in [0.1, 0.15) is 23.7 Å². The van der Waals surface area contributed by atoms with Crippen LogP contribution < -0.4 is 9.47 Å². The van der Waals surface area contributed by atoms with Crippen molar-refractivity contribution in [3.63, 3.8) is 0 Å². The Balaban J connectivity index is 1.79. The van der Waals surface area contributed by atoms with Gasteiger partial charge in [-0.05, 0) is 37.3 Å². The van der Waals surface area contributed by atoms with Gasteiger partial charge in [-0.25, -0.2) is 0 Å². The summed E-state index contributed by atoms with van der Waals surface area (Å²) in [6.45, 7) is 5.46. The molecule has 0 aromatic heterocycles. The zero-order chi connectivity index (χ0) is 27.5. The van der Waals surface area contributed by atoms with Gasteiger partial charge in [0, 0.05) is 12.1 Å². The van der Waals surface area contributed by atoms with Crippen LogP contribution in [0.5, 0.6) is 11.5 Å². The number of nitro benzene ring substituents is 2. The molecule has 1 fully saturated rings. The third-order valence-corrected chi connectivity index (χ3v) is 6.76. The number of nitro groups is 2. The van der Waals surface area contributed by atoms with Crippen LogP contribution in [0.3, 0.4) is 0 Å². The molecule has 1 N–H and O–H groups in total. The summed E-state index contributed by atoms with van der Waals surface area (Å²) in [6.07, 6.45) is 6.62. The van der Waals surface area contributed by atoms with E-state index in [1.807, 2.05) is 6.08 Å². The second kappa shape index (κ2) is 14.4. The van der Waals surface area contributed by atoms with Gasteiger partial charge in [-0.15, -0.1) is 6.58 Å². The summed E-state index contributed by atoms with van der Waals surface area (Å²) in [5, 5.41) is 32.6. The van der Waals surface area contributed by atoms with Crippen molar-refractivity contribution in [3.05, 3.63) is 81.4 Å². The Hall–Kier alpha value is -3.50. The lowest BCUT2D eigenvalue weighted by atomic mass is 9.92. The summed E-state index contributed by atoms with van der Waals surface area (Å²) in [5.41, 5.74) is -0.242. The number of aliphatic hydroxyl groups excluding tert-OH is 1. The normalized spacial score (nSPS) is 21.5. The van der Waals surface area contributed by atoms with E-state index in [1.54, 1.807) is 12.1 Å². The topological polar surface area (TPSA) is 134 Å². The number of non-ortho nitro benzene ring substituents is 2. The highest BCUT2D eigenvalue weighted by atomic mass is 16.6. The maximum Gasteiger partial charge on any atom is 0.273 e. The van der Waals surface area contributed by atoms with Gasteiger partial charge >= 0.3 is 0 Å². The summed E-state index contributed by atoms with van der Waals surface area (Å²) in [4.78, 5) is 21.5. The van der Waals surface area contributed by atoms with Crippen molar-refractivity contribution in [2.75, 3.05) is 6.61 Å². The third kappa shape index (κ3) is 8.00. The lowest BCUT2D eigenvalue weighted by Crippen LogP contribution is -2.44. The van der Waals surface area contributed by atoms with Crippen molar-refractivity contribution in [3.8, 4) is 11.5 Å². The molecule has 0 saturated carbocycles.